The maximum Gasteiger partial charge on any atom is 0.309 e. The second kappa shape index (κ2) is 5.30. The molecule has 14 heavy (non-hydrogen) atoms. The van der Waals surface area contributed by atoms with Gasteiger partial charge < -0.3 is 9.47 Å². The number of rotatable bonds is 1. The van der Waals surface area contributed by atoms with Crippen LogP contribution >= 0.6 is 9.24 Å². The van der Waals surface area contributed by atoms with Crippen molar-refractivity contribution in [2.45, 2.75) is 25.9 Å². The molecule has 1 unspecified atom stereocenters. The third kappa shape index (κ3) is 3.26. The molecule has 0 N–H and O–H groups in total. The number of ether oxygens (including phenoxy) is 2. The summed E-state index contributed by atoms with van der Waals surface area (Å²) in [4.78, 5) is 22.5. The van der Waals surface area contributed by atoms with E-state index in [0.29, 0.717) is 12.6 Å². The summed E-state index contributed by atoms with van der Waals surface area (Å²) in [6.07, 6.45) is 1.12. The third-order valence-corrected chi connectivity index (χ3v) is 2.69. The zero-order chi connectivity index (χ0) is 10.6. The second-order valence-electron chi connectivity index (χ2n) is 3.39. The van der Waals surface area contributed by atoms with E-state index in [1.165, 1.54) is 0 Å². The number of carbonyl (C=O) groups is 2. The molecule has 1 heterocycles. The Balaban J connectivity index is 2.63. The highest BCUT2D eigenvalue weighted by molar-refractivity contribution is 7.16. The molecule has 1 fully saturated rings. The molecule has 5 heteroatoms. The van der Waals surface area contributed by atoms with E-state index in [1.807, 2.05) is 0 Å². The summed E-state index contributed by atoms with van der Waals surface area (Å²) >= 11 is 0. The van der Waals surface area contributed by atoms with Gasteiger partial charge in [-0.3, -0.25) is 9.59 Å². The fourth-order valence-electron chi connectivity index (χ4n) is 1.37. The van der Waals surface area contributed by atoms with E-state index in [2.05, 4.69) is 9.24 Å². The molecule has 0 saturated carbocycles. The molecule has 4 nitrogen and oxygen atoms in total. The van der Waals surface area contributed by atoms with Crippen molar-refractivity contribution in [2.24, 2.45) is 5.92 Å². The van der Waals surface area contributed by atoms with E-state index >= 15 is 0 Å². The molecule has 1 saturated heterocycles. The summed E-state index contributed by atoms with van der Waals surface area (Å²) in [7, 11) is 2.51. The molecule has 1 rings (SSSR count). The van der Waals surface area contributed by atoms with E-state index in [9.17, 15) is 9.59 Å². The lowest BCUT2D eigenvalue weighted by molar-refractivity contribution is -0.149. The molecule has 0 aromatic carbocycles. The van der Waals surface area contributed by atoms with E-state index in [1.54, 1.807) is 6.92 Å². The van der Waals surface area contributed by atoms with Crippen molar-refractivity contribution in [3.05, 3.63) is 0 Å². The largest absolute Gasteiger partial charge is 0.465 e. The van der Waals surface area contributed by atoms with Gasteiger partial charge in [-0.05, 0) is 19.5 Å². The Hall–Kier alpha value is -0.630. The number of cyclic esters (lactones) is 2. The van der Waals surface area contributed by atoms with Crippen LogP contribution in [0.15, 0.2) is 0 Å². The Labute approximate surface area is 85.5 Å². The first-order chi connectivity index (χ1) is 6.63. The molecule has 1 aliphatic heterocycles. The quantitative estimate of drug-likeness (QED) is 0.481. The predicted octanol–water partition coefficient (Wildman–Crippen LogP) is 0.746. The van der Waals surface area contributed by atoms with E-state index in [0.717, 1.165) is 0 Å². The van der Waals surface area contributed by atoms with Gasteiger partial charge in [0, 0.05) is 0 Å². The van der Waals surface area contributed by atoms with Crippen LogP contribution in [-0.4, -0.2) is 30.8 Å². The van der Waals surface area contributed by atoms with E-state index in [4.69, 9.17) is 9.47 Å². The third-order valence-electron chi connectivity index (χ3n) is 2.12. The number of esters is 2. The molecule has 1 aliphatic rings. The molecule has 0 aromatic heterocycles. The van der Waals surface area contributed by atoms with Crippen LogP contribution in [-0.2, 0) is 19.1 Å². The maximum atomic E-state index is 11.4. The zero-order valence-electron chi connectivity index (χ0n) is 8.19. The van der Waals surface area contributed by atoms with Crippen molar-refractivity contribution in [3.63, 3.8) is 0 Å². The monoisotopic (exact) mass is 218 g/mol. The van der Waals surface area contributed by atoms with Crippen molar-refractivity contribution in [1.29, 1.82) is 0 Å². The smallest absolute Gasteiger partial charge is 0.309 e. The van der Waals surface area contributed by atoms with Gasteiger partial charge in [0.25, 0.3) is 0 Å². The number of hydrogen-bond donors (Lipinski definition) is 0. The van der Waals surface area contributed by atoms with Crippen molar-refractivity contribution >= 4 is 21.2 Å². The highest BCUT2D eigenvalue weighted by atomic mass is 31.0. The Morgan fingerprint density at radius 1 is 1.50 bits per heavy atom. The molecule has 0 bridgehead atoms. The van der Waals surface area contributed by atoms with Crippen LogP contribution in [0.3, 0.4) is 0 Å². The molecule has 3 atom stereocenters. The normalized spacial score (nSPS) is 29.6. The average molecular weight is 218 g/mol. The van der Waals surface area contributed by atoms with Gasteiger partial charge in [0.1, 0.15) is 6.61 Å². The summed E-state index contributed by atoms with van der Waals surface area (Å²) < 4.78 is 10.0. The minimum absolute atomic E-state index is 0.131. The predicted molar refractivity (Wildman–Crippen MR) is 53.8 cm³/mol. The molecule has 0 amide bonds. The van der Waals surface area contributed by atoms with Crippen LogP contribution in [0, 0.1) is 5.92 Å². The van der Waals surface area contributed by atoms with Gasteiger partial charge in [-0.1, -0.05) is 0 Å². The molecule has 0 radical (unpaired) electrons. The van der Waals surface area contributed by atoms with Crippen molar-refractivity contribution in [3.8, 4) is 0 Å². The summed E-state index contributed by atoms with van der Waals surface area (Å²) in [6, 6.07) is 0. The summed E-state index contributed by atoms with van der Waals surface area (Å²) in [5.74, 6) is -0.708. The summed E-state index contributed by atoms with van der Waals surface area (Å²) in [5, 5.41) is 0. The van der Waals surface area contributed by atoms with Crippen LogP contribution in [0.2, 0.25) is 0 Å². The minimum atomic E-state index is -0.297. The molecule has 80 valence electrons. The fraction of sp³-hybridized carbons (Fsp3) is 0.778. The fourth-order valence-corrected chi connectivity index (χ4v) is 1.76. The van der Waals surface area contributed by atoms with Crippen molar-refractivity contribution in [2.75, 3.05) is 12.8 Å². The van der Waals surface area contributed by atoms with Gasteiger partial charge in [0.05, 0.1) is 18.4 Å². The van der Waals surface area contributed by atoms with Crippen molar-refractivity contribution in [1.82, 2.24) is 0 Å². The molecule has 0 aliphatic carbocycles. The van der Waals surface area contributed by atoms with Crippen LogP contribution in [0.4, 0.5) is 0 Å². The zero-order valence-corrected chi connectivity index (χ0v) is 9.35. The van der Waals surface area contributed by atoms with Crippen molar-refractivity contribution < 1.29 is 19.1 Å². The topological polar surface area (TPSA) is 52.6 Å². The summed E-state index contributed by atoms with van der Waals surface area (Å²) in [6.45, 7) is 1.93. The Morgan fingerprint density at radius 3 is 2.86 bits per heavy atom. The highest BCUT2D eigenvalue weighted by Gasteiger charge is 2.24. The first-order valence-electron chi connectivity index (χ1n) is 4.69. The average Bonchev–Trinajstić information content (AvgIpc) is 2.17. The number of carbonyl (C=O) groups excluding carboxylic acids is 2. The standard InChI is InChI=1S/C9H15O4P/c1-6-4-7(5-14)9(11)12-3-2-8(10)13-6/h6-7H,2-5,14H2,1H3/t6-,7-/m0/s1. The van der Waals surface area contributed by atoms with Gasteiger partial charge in [0.15, 0.2) is 0 Å². The second-order valence-corrected chi connectivity index (χ2v) is 3.86. The van der Waals surface area contributed by atoms with Crippen LogP contribution in [0.25, 0.3) is 0 Å². The Morgan fingerprint density at radius 2 is 2.21 bits per heavy atom. The van der Waals surface area contributed by atoms with Gasteiger partial charge in [-0.25, -0.2) is 0 Å². The number of hydrogen-bond acceptors (Lipinski definition) is 4. The maximum absolute atomic E-state index is 11.4. The van der Waals surface area contributed by atoms with E-state index in [-0.39, 0.29) is 37.0 Å². The van der Waals surface area contributed by atoms with E-state index < -0.39 is 0 Å². The minimum Gasteiger partial charge on any atom is -0.465 e. The first kappa shape index (κ1) is 11.4. The first-order valence-corrected chi connectivity index (χ1v) is 5.51. The molecular formula is C9H15O4P. The van der Waals surface area contributed by atoms with Crippen LogP contribution < -0.4 is 0 Å². The van der Waals surface area contributed by atoms with Gasteiger partial charge in [-0.15, -0.1) is 9.24 Å². The highest BCUT2D eigenvalue weighted by Crippen LogP contribution is 2.16. The lowest BCUT2D eigenvalue weighted by atomic mass is 10.0. The van der Waals surface area contributed by atoms with Gasteiger partial charge in [0.2, 0.25) is 0 Å². The molecule has 0 aromatic rings. The lowest BCUT2D eigenvalue weighted by Crippen LogP contribution is -2.23. The van der Waals surface area contributed by atoms with Crippen LogP contribution in [0.5, 0.6) is 0 Å². The Bertz CT molecular complexity index is 229. The molecule has 0 spiro atoms. The Kier molecular flexibility index (Phi) is 4.33. The summed E-state index contributed by atoms with van der Waals surface area (Å²) in [5.41, 5.74) is 0. The van der Waals surface area contributed by atoms with Gasteiger partial charge in [-0.2, -0.15) is 0 Å². The lowest BCUT2D eigenvalue weighted by Gasteiger charge is -2.15. The molecular weight excluding hydrogens is 203 g/mol. The SMILES string of the molecule is C[C@H]1C[C@@H](CP)C(=O)OCCC(=O)O1. The van der Waals surface area contributed by atoms with Crippen LogP contribution in [0.1, 0.15) is 19.8 Å². The van der Waals surface area contributed by atoms with Gasteiger partial charge >= 0.3 is 11.9 Å².